The predicted octanol–water partition coefficient (Wildman–Crippen LogP) is 3.61. The molecule has 2 fully saturated rings. The maximum Gasteiger partial charge on any atom is 0.226 e. The molecule has 1 aromatic carbocycles. The molecule has 1 saturated heterocycles. The van der Waals surface area contributed by atoms with E-state index in [0.717, 1.165) is 76.6 Å². The zero-order chi connectivity index (χ0) is 18.8. The Hall–Kier alpha value is -1.75. The van der Waals surface area contributed by atoms with E-state index in [0.29, 0.717) is 0 Å². The first kappa shape index (κ1) is 21.0. The summed E-state index contributed by atoms with van der Waals surface area (Å²) in [5.74, 6) is -0.0246. The first-order valence-corrected chi connectivity index (χ1v) is 10.6. The third-order valence-electron chi connectivity index (χ3n) is 6.64. The van der Waals surface area contributed by atoms with E-state index in [2.05, 4.69) is 11.4 Å². The molecule has 0 aromatic heterocycles. The Bertz CT molecular complexity index is 718. The third kappa shape index (κ3) is 4.29. The Morgan fingerprint density at radius 1 is 0.964 bits per heavy atom. The number of likely N-dealkylation sites (tertiary alicyclic amines) is 1. The molecule has 3 aliphatic rings. The number of carbonyl (C=O) groups excluding carboxylic acids is 2. The van der Waals surface area contributed by atoms with E-state index in [9.17, 15) is 9.59 Å². The fourth-order valence-corrected chi connectivity index (χ4v) is 5.18. The van der Waals surface area contributed by atoms with Gasteiger partial charge in [0.25, 0.3) is 0 Å². The van der Waals surface area contributed by atoms with Crippen LogP contribution >= 0.6 is 12.4 Å². The normalized spacial score (nSPS) is 26.9. The number of hydrogen-bond acceptors (Lipinski definition) is 3. The standard InChI is InChI=1S/C22H31N3O2.ClH/c23-16-10-11-17-15(14-16)6-5-9-20(17)24-21(26)18-7-1-2-8-19(18)22(27)25-12-3-4-13-25;/h10-11,14,18-20H,1-9,12-13,23H2,(H,24,26);1H. The molecule has 0 bridgehead atoms. The second-order valence-electron chi connectivity index (χ2n) is 8.44. The lowest BCUT2D eigenvalue weighted by Gasteiger charge is -2.34. The van der Waals surface area contributed by atoms with Gasteiger partial charge < -0.3 is 16.0 Å². The van der Waals surface area contributed by atoms with Gasteiger partial charge in [-0.1, -0.05) is 18.9 Å². The van der Waals surface area contributed by atoms with E-state index in [1.165, 1.54) is 11.1 Å². The number of nitrogens with one attached hydrogen (secondary N) is 1. The van der Waals surface area contributed by atoms with Crippen molar-refractivity contribution in [3.8, 4) is 0 Å². The zero-order valence-corrected chi connectivity index (χ0v) is 17.3. The average molecular weight is 406 g/mol. The monoisotopic (exact) mass is 405 g/mol. The van der Waals surface area contributed by atoms with Gasteiger partial charge in [0.2, 0.25) is 11.8 Å². The number of amides is 2. The molecule has 3 atom stereocenters. The number of rotatable bonds is 3. The van der Waals surface area contributed by atoms with Gasteiger partial charge in [-0.15, -0.1) is 12.4 Å². The fourth-order valence-electron chi connectivity index (χ4n) is 5.18. The van der Waals surface area contributed by atoms with Crippen LogP contribution in [0.4, 0.5) is 5.69 Å². The van der Waals surface area contributed by atoms with Gasteiger partial charge in [-0.25, -0.2) is 0 Å². The number of anilines is 1. The predicted molar refractivity (Wildman–Crippen MR) is 113 cm³/mol. The number of nitrogen functional groups attached to an aromatic ring is 1. The van der Waals surface area contributed by atoms with Crippen molar-refractivity contribution in [3.63, 3.8) is 0 Å². The number of hydrogen-bond donors (Lipinski definition) is 2. The Balaban J connectivity index is 0.00000225. The molecule has 2 amide bonds. The van der Waals surface area contributed by atoms with Gasteiger partial charge in [-0.05, 0) is 68.2 Å². The Morgan fingerprint density at radius 2 is 1.68 bits per heavy atom. The number of benzene rings is 1. The molecule has 1 saturated carbocycles. The first-order valence-electron chi connectivity index (χ1n) is 10.6. The van der Waals surface area contributed by atoms with Crippen molar-refractivity contribution >= 4 is 29.9 Å². The highest BCUT2D eigenvalue weighted by Gasteiger charge is 2.39. The van der Waals surface area contributed by atoms with E-state index in [1.54, 1.807) is 0 Å². The lowest BCUT2D eigenvalue weighted by Crippen LogP contribution is -2.45. The summed E-state index contributed by atoms with van der Waals surface area (Å²) in [5.41, 5.74) is 9.16. The van der Waals surface area contributed by atoms with Crippen LogP contribution in [0.15, 0.2) is 18.2 Å². The smallest absolute Gasteiger partial charge is 0.226 e. The van der Waals surface area contributed by atoms with Gasteiger partial charge in [-0.3, -0.25) is 9.59 Å². The van der Waals surface area contributed by atoms with Crippen LogP contribution in [0.3, 0.4) is 0 Å². The SMILES string of the molecule is Cl.Nc1ccc2c(c1)CCCC2NC(=O)C1CCCCC1C(=O)N1CCCC1. The number of nitrogens with two attached hydrogens (primary N) is 1. The van der Waals surface area contributed by atoms with Crippen LogP contribution < -0.4 is 11.1 Å². The van der Waals surface area contributed by atoms with E-state index in [1.807, 2.05) is 17.0 Å². The molecule has 3 N–H and O–H groups in total. The van der Waals surface area contributed by atoms with Gasteiger partial charge >= 0.3 is 0 Å². The molecule has 1 aromatic rings. The summed E-state index contributed by atoms with van der Waals surface area (Å²) >= 11 is 0. The van der Waals surface area contributed by atoms with E-state index >= 15 is 0 Å². The molecule has 1 aliphatic heterocycles. The van der Waals surface area contributed by atoms with Crippen molar-refractivity contribution in [2.45, 2.75) is 63.8 Å². The Labute approximate surface area is 173 Å². The van der Waals surface area contributed by atoms with Crippen LogP contribution in [0, 0.1) is 11.8 Å². The highest BCUT2D eigenvalue weighted by atomic mass is 35.5. The van der Waals surface area contributed by atoms with Gasteiger partial charge in [0.15, 0.2) is 0 Å². The largest absolute Gasteiger partial charge is 0.399 e. The second-order valence-corrected chi connectivity index (χ2v) is 8.44. The molecule has 0 radical (unpaired) electrons. The summed E-state index contributed by atoms with van der Waals surface area (Å²) in [7, 11) is 0. The number of nitrogens with zero attached hydrogens (tertiary/aromatic N) is 1. The van der Waals surface area contributed by atoms with Crippen LogP contribution in [0.25, 0.3) is 0 Å². The van der Waals surface area contributed by atoms with Gasteiger partial charge in [-0.2, -0.15) is 0 Å². The van der Waals surface area contributed by atoms with E-state index in [-0.39, 0.29) is 42.1 Å². The molecule has 28 heavy (non-hydrogen) atoms. The summed E-state index contributed by atoms with van der Waals surface area (Å²) in [6.45, 7) is 1.72. The highest BCUT2D eigenvalue weighted by Crippen LogP contribution is 2.35. The molecule has 4 rings (SSSR count). The molecule has 2 aliphatic carbocycles. The van der Waals surface area contributed by atoms with Crippen molar-refractivity contribution in [3.05, 3.63) is 29.3 Å². The molecule has 5 nitrogen and oxygen atoms in total. The number of halogens is 1. The third-order valence-corrected chi connectivity index (χ3v) is 6.64. The summed E-state index contributed by atoms with van der Waals surface area (Å²) in [6, 6.07) is 6.06. The number of carbonyl (C=O) groups is 2. The topological polar surface area (TPSA) is 75.4 Å². The van der Waals surface area contributed by atoms with Crippen LogP contribution in [0.2, 0.25) is 0 Å². The van der Waals surface area contributed by atoms with Gasteiger partial charge in [0.05, 0.1) is 6.04 Å². The van der Waals surface area contributed by atoms with Gasteiger partial charge in [0.1, 0.15) is 0 Å². The minimum absolute atomic E-state index is 0. The van der Waals surface area contributed by atoms with Crippen LogP contribution in [0.5, 0.6) is 0 Å². The second kappa shape index (κ2) is 9.17. The summed E-state index contributed by atoms with van der Waals surface area (Å²) in [5, 5.41) is 3.29. The summed E-state index contributed by atoms with van der Waals surface area (Å²) in [4.78, 5) is 28.1. The van der Waals surface area contributed by atoms with Crippen molar-refractivity contribution in [1.29, 1.82) is 0 Å². The summed E-state index contributed by atoms with van der Waals surface area (Å²) < 4.78 is 0. The highest BCUT2D eigenvalue weighted by molar-refractivity contribution is 5.88. The van der Waals surface area contributed by atoms with Crippen LogP contribution in [0.1, 0.15) is 68.5 Å². The Kier molecular flexibility index (Phi) is 6.86. The number of aryl methyl sites for hydroxylation is 1. The van der Waals surface area contributed by atoms with Crippen LogP contribution in [-0.4, -0.2) is 29.8 Å². The lowest BCUT2D eigenvalue weighted by atomic mass is 9.77. The molecular weight excluding hydrogens is 374 g/mol. The van der Waals surface area contributed by atoms with E-state index in [4.69, 9.17) is 5.73 Å². The molecule has 3 unspecified atom stereocenters. The number of fused-ring (bicyclic) bond motifs is 1. The Morgan fingerprint density at radius 3 is 2.43 bits per heavy atom. The van der Waals surface area contributed by atoms with Gasteiger partial charge in [0, 0.05) is 30.6 Å². The fraction of sp³-hybridized carbons (Fsp3) is 0.636. The summed E-state index contributed by atoms with van der Waals surface area (Å²) in [6.07, 6.45) is 9.00. The first-order chi connectivity index (χ1) is 13.1. The molecule has 154 valence electrons. The quantitative estimate of drug-likeness (QED) is 0.754. The van der Waals surface area contributed by atoms with Crippen molar-refractivity contribution < 1.29 is 9.59 Å². The molecule has 0 spiro atoms. The lowest BCUT2D eigenvalue weighted by molar-refractivity contribution is -0.143. The van der Waals surface area contributed by atoms with E-state index < -0.39 is 0 Å². The molecule has 6 heteroatoms. The average Bonchev–Trinajstić information content (AvgIpc) is 3.22. The molecular formula is C22H32ClN3O2. The minimum Gasteiger partial charge on any atom is -0.399 e. The van der Waals surface area contributed by atoms with Crippen molar-refractivity contribution in [1.82, 2.24) is 10.2 Å². The maximum absolute atomic E-state index is 13.2. The maximum atomic E-state index is 13.2. The minimum atomic E-state index is -0.175. The zero-order valence-electron chi connectivity index (χ0n) is 16.5. The van der Waals surface area contributed by atoms with Crippen molar-refractivity contribution in [2.75, 3.05) is 18.8 Å². The van der Waals surface area contributed by atoms with Crippen LogP contribution in [-0.2, 0) is 16.0 Å². The molecule has 1 heterocycles. The van der Waals surface area contributed by atoms with Crippen molar-refractivity contribution in [2.24, 2.45) is 11.8 Å².